The van der Waals surface area contributed by atoms with Crippen molar-refractivity contribution in [3.63, 3.8) is 0 Å². The number of methoxy groups -OCH3 is 1. The highest BCUT2D eigenvalue weighted by atomic mass is 16.5. The van der Waals surface area contributed by atoms with Crippen LogP contribution in [0.1, 0.15) is 49.3 Å². The Hall–Kier alpha value is -2.76. The predicted molar refractivity (Wildman–Crippen MR) is 112 cm³/mol. The van der Waals surface area contributed by atoms with Crippen molar-refractivity contribution in [2.45, 2.75) is 46.5 Å². The van der Waals surface area contributed by atoms with Crippen LogP contribution >= 0.6 is 0 Å². The van der Waals surface area contributed by atoms with Gasteiger partial charge in [-0.2, -0.15) is 0 Å². The Bertz CT molecular complexity index is 948. The summed E-state index contributed by atoms with van der Waals surface area (Å²) < 4.78 is 11.3. The van der Waals surface area contributed by atoms with Gasteiger partial charge in [0.05, 0.1) is 19.3 Å². The number of carboxylic acid groups (broad SMARTS) is 1. The van der Waals surface area contributed by atoms with E-state index in [-0.39, 0.29) is 11.8 Å². The van der Waals surface area contributed by atoms with E-state index in [0.29, 0.717) is 31.1 Å². The highest BCUT2D eigenvalue weighted by Gasteiger charge is 2.26. The first-order chi connectivity index (χ1) is 13.8. The first-order valence-electron chi connectivity index (χ1n) is 10.1. The molecular formula is C23H29NO5. The SMILES string of the molecule is COc1c(/C(C)=C/C(=O)NCC2CCC(C(=O)O)CC2)cc2c(C)coc2c1C. The smallest absolute Gasteiger partial charge is 0.306 e. The molecule has 1 fully saturated rings. The molecule has 0 saturated heterocycles. The summed E-state index contributed by atoms with van der Waals surface area (Å²) in [6.45, 7) is 6.42. The van der Waals surface area contributed by atoms with Gasteiger partial charge in [-0.3, -0.25) is 9.59 Å². The molecule has 0 unspecified atom stereocenters. The molecule has 1 aliphatic carbocycles. The number of carboxylic acids is 1. The second-order valence-corrected chi connectivity index (χ2v) is 8.01. The van der Waals surface area contributed by atoms with Gasteiger partial charge in [-0.15, -0.1) is 0 Å². The number of furan rings is 1. The number of rotatable bonds is 6. The molecule has 0 aliphatic heterocycles. The van der Waals surface area contributed by atoms with Gasteiger partial charge in [-0.05, 0) is 69.6 Å². The van der Waals surface area contributed by atoms with Crippen LogP contribution in [0.25, 0.3) is 16.5 Å². The van der Waals surface area contributed by atoms with E-state index in [1.807, 2.05) is 26.8 Å². The molecule has 2 aromatic rings. The normalized spacial score (nSPS) is 19.9. The molecule has 1 aliphatic rings. The molecule has 156 valence electrons. The number of aryl methyl sites for hydroxylation is 2. The lowest BCUT2D eigenvalue weighted by Crippen LogP contribution is -2.31. The zero-order valence-electron chi connectivity index (χ0n) is 17.5. The molecule has 6 heteroatoms. The lowest BCUT2D eigenvalue weighted by Gasteiger charge is -2.26. The van der Waals surface area contributed by atoms with E-state index in [9.17, 15) is 9.59 Å². The highest BCUT2D eigenvalue weighted by Crippen LogP contribution is 2.37. The third kappa shape index (κ3) is 4.47. The van der Waals surface area contributed by atoms with Crippen LogP contribution in [0, 0.1) is 25.7 Å². The summed E-state index contributed by atoms with van der Waals surface area (Å²) in [5.41, 5.74) is 4.45. The van der Waals surface area contributed by atoms with E-state index < -0.39 is 5.97 Å². The molecule has 1 aromatic heterocycles. The van der Waals surface area contributed by atoms with E-state index >= 15 is 0 Å². The largest absolute Gasteiger partial charge is 0.496 e. The van der Waals surface area contributed by atoms with Gasteiger partial charge in [0.2, 0.25) is 5.91 Å². The van der Waals surface area contributed by atoms with Crippen molar-refractivity contribution in [3.8, 4) is 5.75 Å². The Morgan fingerprint density at radius 3 is 2.59 bits per heavy atom. The van der Waals surface area contributed by atoms with E-state index in [4.69, 9.17) is 14.3 Å². The van der Waals surface area contributed by atoms with Crippen molar-refractivity contribution in [1.29, 1.82) is 0 Å². The summed E-state index contributed by atoms with van der Waals surface area (Å²) in [5.74, 6) is -0.0434. The summed E-state index contributed by atoms with van der Waals surface area (Å²) in [4.78, 5) is 23.5. The van der Waals surface area contributed by atoms with Gasteiger partial charge in [-0.1, -0.05) is 0 Å². The maximum absolute atomic E-state index is 12.5. The van der Waals surface area contributed by atoms with E-state index in [2.05, 4.69) is 5.32 Å². The Morgan fingerprint density at radius 2 is 1.97 bits per heavy atom. The number of ether oxygens (including phenoxy) is 1. The average molecular weight is 399 g/mol. The number of nitrogens with one attached hydrogen (secondary N) is 1. The number of carbonyl (C=O) groups is 2. The van der Waals surface area contributed by atoms with Crippen LogP contribution in [0.5, 0.6) is 5.75 Å². The Balaban J connectivity index is 1.70. The Morgan fingerprint density at radius 1 is 1.28 bits per heavy atom. The summed E-state index contributed by atoms with van der Waals surface area (Å²) in [6, 6.07) is 2.01. The molecule has 0 atom stereocenters. The quantitative estimate of drug-likeness (QED) is 0.700. The van der Waals surface area contributed by atoms with Crippen molar-refractivity contribution in [2.24, 2.45) is 11.8 Å². The fourth-order valence-corrected chi connectivity index (χ4v) is 4.18. The fourth-order valence-electron chi connectivity index (χ4n) is 4.18. The molecule has 29 heavy (non-hydrogen) atoms. The van der Waals surface area contributed by atoms with Crippen molar-refractivity contribution < 1.29 is 23.8 Å². The minimum Gasteiger partial charge on any atom is -0.496 e. The second kappa shape index (κ2) is 8.72. The summed E-state index contributed by atoms with van der Waals surface area (Å²) in [6.07, 6.45) is 6.37. The van der Waals surface area contributed by atoms with Gasteiger partial charge in [0, 0.05) is 29.1 Å². The van der Waals surface area contributed by atoms with E-state index in [1.54, 1.807) is 19.4 Å². The lowest BCUT2D eigenvalue weighted by atomic mass is 9.82. The fraction of sp³-hybridized carbons (Fsp3) is 0.478. The lowest BCUT2D eigenvalue weighted by molar-refractivity contribution is -0.143. The number of amides is 1. The first-order valence-corrected chi connectivity index (χ1v) is 10.1. The number of hydrogen-bond acceptors (Lipinski definition) is 4. The van der Waals surface area contributed by atoms with Crippen LogP contribution in [-0.2, 0) is 9.59 Å². The topological polar surface area (TPSA) is 88.8 Å². The summed E-state index contributed by atoms with van der Waals surface area (Å²) in [7, 11) is 1.62. The maximum Gasteiger partial charge on any atom is 0.306 e. The summed E-state index contributed by atoms with van der Waals surface area (Å²) in [5, 5.41) is 13.1. The van der Waals surface area contributed by atoms with Crippen molar-refractivity contribution in [2.75, 3.05) is 13.7 Å². The van der Waals surface area contributed by atoms with E-state index in [0.717, 1.165) is 46.1 Å². The number of aliphatic carboxylic acids is 1. The number of fused-ring (bicyclic) bond motifs is 1. The van der Waals surface area contributed by atoms with Crippen LogP contribution < -0.4 is 10.1 Å². The molecular weight excluding hydrogens is 370 g/mol. The number of carbonyl (C=O) groups excluding carboxylic acids is 1. The standard InChI is InChI=1S/C23H29NO5/c1-13(9-20(25)24-11-16-5-7-17(8-6-16)23(26)27)18-10-19-14(2)12-29-22(19)15(3)21(18)28-4/h9-10,12,16-17H,5-8,11H2,1-4H3,(H,24,25)(H,26,27)/b13-9+. The molecule has 0 bridgehead atoms. The number of benzene rings is 1. The van der Waals surface area contributed by atoms with Crippen LogP contribution in [-0.4, -0.2) is 30.6 Å². The molecule has 3 rings (SSSR count). The number of allylic oxidation sites excluding steroid dienone is 1. The van der Waals surface area contributed by atoms with Gasteiger partial charge in [0.15, 0.2) is 0 Å². The molecule has 0 spiro atoms. The van der Waals surface area contributed by atoms with E-state index in [1.165, 1.54) is 0 Å². The third-order valence-electron chi connectivity index (χ3n) is 5.98. The number of hydrogen-bond donors (Lipinski definition) is 2. The highest BCUT2D eigenvalue weighted by molar-refractivity contribution is 5.98. The molecule has 0 radical (unpaired) electrons. The minimum atomic E-state index is -0.708. The van der Waals surface area contributed by atoms with Crippen LogP contribution in [0.2, 0.25) is 0 Å². The average Bonchev–Trinajstić information content (AvgIpc) is 3.07. The van der Waals surface area contributed by atoms with Gasteiger partial charge < -0.3 is 19.6 Å². The second-order valence-electron chi connectivity index (χ2n) is 8.01. The molecule has 1 saturated carbocycles. The Labute approximate surface area is 170 Å². The molecule has 2 N–H and O–H groups in total. The predicted octanol–water partition coefficient (Wildman–Crippen LogP) is 4.47. The molecule has 1 heterocycles. The molecule has 1 amide bonds. The minimum absolute atomic E-state index is 0.147. The summed E-state index contributed by atoms with van der Waals surface area (Å²) >= 11 is 0. The molecule has 6 nitrogen and oxygen atoms in total. The monoisotopic (exact) mass is 399 g/mol. The molecule has 1 aromatic carbocycles. The van der Waals surface area contributed by atoms with Gasteiger partial charge in [-0.25, -0.2) is 0 Å². The first kappa shape index (κ1) is 21.0. The van der Waals surface area contributed by atoms with Gasteiger partial charge in [0.25, 0.3) is 0 Å². The van der Waals surface area contributed by atoms with Crippen LogP contribution in [0.3, 0.4) is 0 Å². The maximum atomic E-state index is 12.5. The van der Waals surface area contributed by atoms with Crippen LogP contribution in [0.4, 0.5) is 0 Å². The van der Waals surface area contributed by atoms with Gasteiger partial charge >= 0.3 is 5.97 Å². The van der Waals surface area contributed by atoms with Crippen LogP contribution in [0.15, 0.2) is 22.8 Å². The zero-order valence-corrected chi connectivity index (χ0v) is 17.5. The van der Waals surface area contributed by atoms with Gasteiger partial charge in [0.1, 0.15) is 11.3 Å². The zero-order chi connectivity index (χ0) is 21.1. The third-order valence-corrected chi connectivity index (χ3v) is 5.98. The Kier molecular flexibility index (Phi) is 6.30. The van der Waals surface area contributed by atoms with Crippen molar-refractivity contribution >= 4 is 28.4 Å². The van der Waals surface area contributed by atoms with Crippen molar-refractivity contribution in [1.82, 2.24) is 5.32 Å². The van der Waals surface area contributed by atoms with Crippen molar-refractivity contribution in [3.05, 3.63) is 35.1 Å².